The minimum atomic E-state index is -2.60. The fourth-order valence-electron chi connectivity index (χ4n) is 1.49. The number of hydrogen-bond acceptors (Lipinski definition) is 2. The highest BCUT2D eigenvalue weighted by atomic mass is 19.3. The van der Waals surface area contributed by atoms with Crippen LogP contribution in [0.2, 0.25) is 0 Å². The van der Waals surface area contributed by atoms with Gasteiger partial charge in [-0.3, -0.25) is 0 Å². The zero-order valence-corrected chi connectivity index (χ0v) is 9.24. The van der Waals surface area contributed by atoms with Gasteiger partial charge < -0.3 is 9.53 Å². The number of halogens is 2. The average Bonchev–Trinajstić information content (AvgIpc) is 2.28. The molecular formula is C12H14F2O2. The van der Waals surface area contributed by atoms with Crippen molar-refractivity contribution in [2.75, 3.05) is 6.61 Å². The smallest absolute Gasteiger partial charge is 0.264 e. The minimum Gasteiger partial charge on any atom is -0.494 e. The lowest BCUT2D eigenvalue weighted by atomic mass is 9.97. The molecule has 1 unspecified atom stereocenters. The molecule has 0 aliphatic rings. The first-order valence-corrected chi connectivity index (χ1v) is 5.10. The molecule has 0 N–H and O–H groups in total. The van der Waals surface area contributed by atoms with E-state index in [1.165, 1.54) is 12.1 Å². The van der Waals surface area contributed by atoms with Crippen LogP contribution in [0.4, 0.5) is 8.78 Å². The van der Waals surface area contributed by atoms with Gasteiger partial charge in [0.2, 0.25) is 0 Å². The number of rotatable bonds is 5. The maximum absolute atomic E-state index is 12.8. The van der Waals surface area contributed by atoms with Gasteiger partial charge in [0, 0.05) is 11.5 Å². The van der Waals surface area contributed by atoms with Gasteiger partial charge >= 0.3 is 0 Å². The molecule has 0 saturated heterocycles. The minimum absolute atomic E-state index is 0.134. The van der Waals surface area contributed by atoms with Crippen LogP contribution < -0.4 is 4.74 Å². The first-order chi connectivity index (χ1) is 7.60. The molecule has 0 spiro atoms. The summed E-state index contributed by atoms with van der Waals surface area (Å²) < 4.78 is 30.7. The van der Waals surface area contributed by atoms with Crippen LogP contribution in [0.5, 0.6) is 5.75 Å². The third-order valence-corrected chi connectivity index (χ3v) is 2.30. The Kier molecular flexibility index (Phi) is 4.40. The van der Waals surface area contributed by atoms with E-state index in [9.17, 15) is 13.6 Å². The van der Waals surface area contributed by atoms with Gasteiger partial charge in [-0.2, -0.15) is 0 Å². The van der Waals surface area contributed by atoms with Crippen molar-refractivity contribution in [1.29, 1.82) is 0 Å². The van der Waals surface area contributed by atoms with Gasteiger partial charge in [0.25, 0.3) is 6.43 Å². The molecule has 1 atom stereocenters. The zero-order chi connectivity index (χ0) is 12.1. The Morgan fingerprint density at radius 1 is 1.38 bits per heavy atom. The standard InChI is InChI=1S/C12H14F2O2/c1-3-16-9-4-5-10(8(2)7-15)11(6-9)12(13)14/h4-8,12H,3H2,1-2H3. The fourth-order valence-corrected chi connectivity index (χ4v) is 1.49. The van der Waals surface area contributed by atoms with Crippen LogP contribution in [0.1, 0.15) is 37.3 Å². The van der Waals surface area contributed by atoms with Crippen molar-refractivity contribution >= 4 is 6.29 Å². The molecule has 0 aliphatic carbocycles. The highest BCUT2D eigenvalue weighted by Crippen LogP contribution is 2.31. The van der Waals surface area contributed by atoms with Crippen LogP contribution in [0.25, 0.3) is 0 Å². The van der Waals surface area contributed by atoms with Crippen LogP contribution >= 0.6 is 0 Å². The maximum Gasteiger partial charge on any atom is 0.264 e. The molecule has 1 rings (SSSR count). The van der Waals surface area contributed by atoms with E-state index in [0.29, 0.717) is 24.2 Å². The first-order valence-electron chi connectivity index (χ1n) is 5.10. The van der Waals surface area contributed by atoms with Gasteiger partial charge in [-0.05, 0) is 24.6 Å². The third kappa shape index (κ3) is 2.78. The summed E-state index contributed by atoms with van der Waals surface area (Å²) in [5.74, 6) is -0.126. The first kappa shape index (κ1) is 12.6. The van der Waals surface area contributed by atoms with Crippen LogP contribution in [-0.2, 0) is 4.79 Å². The van der Waals surface area contributed by atoms with Crippen molar-refractivity contribution in [2.45, 2.75) is 26.2 Å². The molecule has 0 radical (unpaired) electrons. The maximum atomic E-state index is 12.8. The summed E-state index contributed by atoms with van der Waals surface area (Å²) in [7, 11) is 0. The molecule has 0 aromatic heterocycles. The number of hydrogen-bond donors (Lipinski definition) is 0. The fraction of sp³-hybridized carbons (Fsp3) is 0.417. The van der Waals surface area contributed by atoms with Gasteiger partial charge in [0.15, 0.2) is 0 Å². The third-order valence-electron chi connectivity index (χ3n) is 2.30. The van der Waals surface area contributed by atoms with E-state index in [1.807, 2.05) is 0 Å². The summed E-state index contributed by atoms with van der Waals surface area (Å²) >= 11 is 0. The molecule has 2 nitrogen and oxygen atoms in total. The SMILES string of the molecule is CCOc1ccc(C(C)C=O)c(C(F)F)c1. The normalized spacial score (nSPS) is 12.6. The van der Waals surface area contributed by atoms with E-state index in [0.717, 1.165) is 0 Å². The molecule has 1 aromatic rings. The predicted molar refractivity (Wildman–Crippen MR) is 57.0 cm³/mol. The highest BCUT2D eigenvalue weighted by molar-refractivity contribution is 5.63. The quantitative estimate of drug-likeness (QED) is 0.722. The number of carbonyl (C=O) groups is 1. The number of alkyl halides is 2. The molecular weight excluding hydrogens is 214 g/mol. The lowest BCUT2D eigenvalue weighted by Crippen LogP contribution is -2.02. The van der Waals surface area contributed by atoms with Gasteiger partial charge in [-0.15, -0.1) is 0 Å². The molecule has 88 valence electrons. The van der Waals surface area contributed by atoms with Crippen molar-refractivity contribution in [1.82, 2.24) is 0 Å². The zero-order valence-electron chi connectivity index (χ0n) is 9.24. The van der Waals surface area contributed by atoms with Gasteiger partial charge in [-0.1, -0.05) is 13.0 Å². The molecule has 0 saturated carbocycles. The average molecular weight is 228 g/mol. The summed E-state index contributed by atoms with van der Waals surface area (Å²) in [6.07, 6.45) is -1.94. The van der Waals surface area contributed by atoms with E-state index in [-0.39, 0.29) is 5.56 Å². The number of aldehydes is 1. The van der Waals surface area contributed by atoms with E-state index in [1.54, 1.807) is 19.9 Å². The van der Waals surface area contributed by atoms with Crippen molar-refractivity contribution in [3.8, 4) is 5.75 Å². The highest BCUT2D eigenvalue weighted by Gasteiger charge is 2.17. The lowest BCUT2D eigenvalue weighted by molar-refractivity contribution is -0.108. The summed E-state index contributed by atoms with van der Waals surface area (Å²) in [6.45, 7) is 3.80. The van der Waals surface area contributed by atoms with Crippen LogP contribution in [-0.4, -0.2) is 12.9 Å². The molecule has 0 fully saturated rings. The van der Waals surface area contributed by atoms with Gasteiger partial charge in [0.05, 0.1) is 6.61 Å². The second-order valence-electron chi connectivity index (χ2n) is 3.45. The number of carbonyl (C=O) groups excluding carboxylic acids is 1. The van der Waals surface area contributed by atoms with Gasteiger partial charge in [0.1, 0.15) is 12.0 Å². The second kappa shape index (κ2) is 5.58. The molecule has 0 bridgehead atoms. The lowest BCUT2D eigenvalue weighted by Gasteiger charge is -2.13. The predicted octanol–water partition coefficient (Wildman–Crippen LogP) is 3.33. The van der Waals surface area contributed by atoms with Crippen LogP contribution in [0, 0.1) is 0 Å². The topological polar surface area (TPSA) is 26.3 Å². The van der Waals surface area contributed by atoms with Crippen molar-refractivity contribution in [2.24, 2.45) is 0 Å². The Hall–Kier alpha value is -1.45. The van der Waals surface area contributed by atoms with Gasteiger partial charge in [-0.25, -0.2) is 8.78 Å². The van der Waals surface area contributed by atoms with E-state index in [2.05, 4.69) is 0 Å². The summed E-state index contributed by atoms with van der Waals surface area (Å²) in [5, 5.41) is 0. The Labute approximate surface area is 93.2 Å². The number of ether oxygens (including phenoxy) is 1. The summed E-state index contributed by atoms with van der Waals surface area (Å²) in [4.78, 5) is 10.6. The molecule has 0 aliphatic heterocycles. The molecule has 4 heteroatoms. The summed E-state index contributed by atoms with van der Waals surface area (Å²) in [5.41, 5.74) is 0.221. The molecule has 0 heterocycles. The molecule has 16 heavy (non-hydrogen) atoms. The van der Waals surface area contributed by atoms with E-state index in [4.69, 9.17) is 4.74 Å². The Morgan fingerprint density at radius 3 is 2.56 bits per heavy atom. The van der Waals surface area contributed by atoms with Crippen LogP contribution in [0.15, 0.2) is 18.2 Å². The van der Waals surface area contributed by atoms with Crippen molar-refractivity contribution in [3.05, 3.63) is 29.3 Å². The Balaban J connectivity index is 3.13. The molecule has 1 aromatic carbocycles. The van der Waals surface area contributed by atoms with E-state index >= 15 is 0 Å². The monoisotopic (exact) mass is 228 g/mol. The second-order valence-corrected chi connectivity index (χ2v) is 3.45. The summed E-state index contributed by atoms with van der Waals surface area (Å²) in [6, 6.07) is 4.42. The Bertz CT molecular complexity index is 364. The number of benzene rings is 1. The van der Waals surface area contributed by atoms with Crippen molar-refractivity contribution < 1.29 is 18.3 Å². The van der Waals surface area contributed by atoms with Crippen LogP contribution in [0.3, 0.4) is 0 Å². The molecule has 0 amide bonds. The van der Waals surface area contributed by atoms with E-state index < -0.39 is 12.3 Å². The largest absolute Gasteiger partial charge is 0.494 e. The Morgan fingerprint density at radius 2 is 2.06 bits per heavy atom. The van der Waals surface area contributed by atoms with Crippen molar-refractivity contribution in [3.63, 3.8) is 0 Å².